The summed E-state index contributed by atoms with van der Waals surface area (Å²) in [4.78, 5) is 23.5. The highest BCUT2D eigenvalue weighted by atomic mass is 19.1. The van der Waals surface area contributed by atoms with Crippen molar-refractivity contribution in [2.75, 3.05) is 0 Å². The lowest BCUT2D eigenvalue weighted by Gasteiger charge is -2.06. The Morgan fingerprint density at radius 1 is 0.786 bits per heavy atom. The third-order valence-corrected chi connectivity index (χ3v) is 3.55. The standard InChI is InChI=1S/C18H16F2N4O4/c1-9(13-7-11(19)3-5-15(13)25)21-23-17(27)18(28)24-22-10(2)14-8-12(20)4-6-16(14)26/h3-8,25-26H,1-2H3,(H,23,27)(H,24,28)/b21-9+,22-10+. The molecule has 0 radical (unpaired) electrons. The maximum atomic E-state index is 13.2. The molecule has 2 amide bonds. The molecule has 8 nitrogen and oxygen atoms in total. The molecule has 0 aromatic heterocycles. The van der Waals surface area contributed by atoms with Crippen LogP contribution in [0.15, 0.2) is 46.6 Å². The number of amides is 2. The molecular weight excluding hydrogens is 374 g/mol. The van der Waals surface area contributed by atoms with Crippen LogP contribution in [0.25, 0.3) is 0 Å². The molecule has 2 rings (SSSR count). The highest BCUT2D eigenvalue weighted by Crippen LogP contribution is 2.19. The number of aromatic hydroxyl groups is 2. The van der Waals surface area contributed by atoms with Crippen LogP contribution in [0.1, 0.15) is 25.0 Å². The predicted molar refractivity (Wildman–Crippen MR) is 96.8 cm³/mol. The Morgan fingerprint density at radius 2 is 1.14 bits per heavy atom. The van der Waals surface area contributed by atoms with Crippen LogP contribution in [0.5, 0.6) is 11.5 Å². The van der Waals surface area contributed by atoms with Gasteiger partial charge >= 0.3 is 11.8 Å². The minimum Gasteiger partial charge on any atom is -0.507 e. The second-order valence-electron chi connectivity index (χ2n) is 5.60. The number of carbonyl (C=O) groups is 2. The molecule has 2 aromatic carbocycles. The van der Waals surface area contributed by atoms with Crippen molar-refractivity contribution in [1.82, 2.24) is 10.9 Å². The zero-order valence-corrected chi connectivity index (χ0v) is 14.8. The number of halogens is 2. The number of nitrogens with one attached hydrogen (secondary N) is 2. The highest BCUT2D eigenvalue weighted by Gasteiger charge is 2.14. The first-order valence-electron chi connectivity index (χ1n) is 7.85. The smallest absolute Gasteiger partial charge is 0.331 e. The van der Waals surface area contributed by atoms with Gasteiger partial charge < -0.3 is 10.2 Å². The minimum atomic E-state index is -1.18. The van der Waals surface area contributed by atoms with Gasteiger partial charge in [-0.2, -0.15) is 10.2 Å². The topological polar surface area (TPSA) is 123 Å². The fourth-order valence-electron chi connectivity index (χ4n) is 2.09. The van der Waals surface area contributed by atoms with Crippen LogP contribution in [0.4, 0.5) is 8.78 Å². The van der Waals surface area contributed by atoms with Crippen LogP contribution < -0.4 is 10.9 Å². The van der Waals surface area contributed by atoms with E-state index in [1.165, 1.54) is 13.8 Å². The van der Waals surface area contributed by atoms with Crippen molar-refractivity contribution in [2.24, 2.45) is 10.2 Å². The van der Waals surface area contributed by atoms with Gasteiger partial charge in [0.2, 0.25) is 0 Å². The van der Waals surface area contributed by atoms with Crippen LogP contribution >= 0.6 is 0 Å². The SMILES string of the molecule is C/C(=N\NC(=O)C(=O)N/N=C(\C)c1cc(F)ccc1O)c1cc(F)ccc1O. The highest BCUT2D eigenvalue weighted by molar-refractivity contribution is 6.35. The summed E-state index contributed by atoms with van der Waals surface area (Å²) in [5.74, 6) is -4.10. The van der Waals surface area contributed by atoms with Crippen molar-refractivity contribution < 1.29 is 28.6 Å². The maximum Gasteiger partial charge on any atom is 0.331 e. The fraction of sp³-hybridized carbons (Fsp3) is 0.111. The monoisotopic (exact) mass is 390 g/mol. The van der Waals surface area contributed by atoms with E-state index in [9.17, 15) is 28.6 Å². The van der Waals surface area contributed by atoms with E-state index in [2.05, 4.69) is 10.2 Å². The first-order valence-corrected chi connectivity index (χ1v) is 7.85. The lowest BCUT2D eigenvalue weighted by atomic mass is 10.1. The van der Waals surface area contributed by atoms with E-state index >= 15 is 0 Å². The third-order valence-electron chi connectivity index (χ3n) is 3.55. The summed E-state index contributed by atoms with van der Waals surface area (Å²) in [6, 6.07) is 6.37. The zero-order chi connectivity index (χ0) is 20.8. The second-order valence-corrected chi connectivity index (χ2v) is 5.60. The average Bonchev–Trinajstić information content (AvgIpc) is 2.67. The van der Waals surface area contributed by atoms with Gasteiger partial charge in [-0.25, -0.2) is 19.6 Å². The van der Waals surface area contributed by atoms with Crippen LogP contribution in [0.3, 0.4) is 0 Å². The average molecular weight is 390 g/mol. The Morgan fingerprint density at radius 3 is 1.50 bits per heavy atom. The second kappa shape index (κ2) is 8.71. The molecule has 4 N–H and O–H groups in total. The van der Waals surface area contributed by atoms with Crippen molar-refractivity contribution in [3.8, 4) is 11.5 Å². The molecule has 0 saturated heterocycles. The summed E-state index contributed by atoms with van der Waals surface area (Å²) in [5.41, 5.74) is 4.06. The number of carbonyl (C=O) groups excluding carboxylic acids is 2. The molecule has 0 spiro atoms. The Balaban J connectivity index is 2.03. The van der Waals surface area contributed by atoms with E-state index < -0.39 is 23.4 Å². The summed E-state index contributed by atoms with van der Waals surface area (Å²) in [7, 11) is 0. The first-order chi connectivity index (χ1) is 13.2. The third kappa shape index (κ3) is 5.10. The lowest BCUT2D eigenvalue weighted by molar-refractivity contribution is -0.139. The summed E-state index contributed by atoms with van der Waals surface area (Å²) in [5, 5.41) is 26.6. The van der Waals surface area contributed by atoms with E-state index in [1.54, 1.807) is 0 Å². The number of phenolic OH excluding ortho intramolecular Hbond substituents is 2. The molecule has 0 bridgehead atoms. The van der Waals surface area contributed by atoms with Crippen molar-refractivity contribution in [3.05, 3.63) is 59.2 Å². The lowest BCUT2D eigenvalue weighted by Crippen LogP contribution is -2.36. The molecule has 0 atom stereocenters. The van der Waals surface area contributed by atoms with Crippen LogP contribution in [-0.2, 0) is 9.59 Å². The number of rotatable bonds is 4. The van der Waals surface area contributed by atoms with Crippen molar-refractivity contribution in [1.29, 1.82) is 0 Å². The summed E-state index contributed by atoms with van der Waals surface area (Å²) in [6.45, 7) is 2.78. The van der Waals surface area contributed by atoms with Gasteiger partial charge in [0.25, 0.3) is 0 Å². The number of hydrogen-bond acceptors (Lipinski definition) is 6. The van der Waals surface area contributed by atoms with Crippen molar-refractivity contribution >= 4 is 23.2 Å². The van der Waals surface area contributed by atoms with E-state index in [1.807, 2.05) is 10.9 Å². The molecule has 0 aliphatic rings. The molecule has 0 unspecified atom stereocenters. The predicted octanol–water partition coefficient (Wildman–Crippen LogP) is 1.76. The van der Waals surface area contributed by atoms with E-state index in [0.29, 0.717) is 0 Å². The number of hydrogen-bond donors (Lipinski definition) is 4. The van der Waals surface area contributed by atoms with Crippen molar-refractivity contribution in [2.45, 2.75) is 13.8 Å². The number of benzene rings is 2. The Kier molecular flexibility index (Phi) is 6.38. The van der Waals surface area contributed by atoms with Crippen LogP contribution in [0.2, 0.25) is 0 Å². The summed E-state index contributed by atoms with van der Waals surface area (Å²) in [6.07, 6.45) is 0. The fourth-order valence-corrected chi connectivity index (χ4v) is 2.09. The van der Waals surface area contributed by atoms with Gasteiger partial charge in [-0.3, -0.25) is 9.59 Å². The normalized spacial score (nSPS) is 11.9. The van der Waals surface area contributed by atoms with E-state index in [0.717, 1.165) is 36.4 Å². The van der Waals surface area contributed by atoms with E-state index in [4.69, 9.17) is 0 Å². The van der Waals surface area contributed by atoms with Gasteiger partial charge in [0.15, 0.2) is 0 Å². The van der Waals surface area contributed by atoms with Gasteiger partial charge in [0, 0.05) is 11.1 Å². The van der Waals surface area contributed by atoms with Crippen molar-refractivity contribution in [3.63, 3.8) is 0 Å². The molecule has 0 aliphatic heterocycles. The minimum absolute atomic E-state index is 0.0381. The molecule has 0 heterocycles. The largest absolute Gasteiger partial charge is 0.507 e. The molecule has 28 heavy (non-hydrogen) atoms. The summed E-state index contributed by atoms with van der Waals surface area (Å²) >= 11 is 0. The Bertz CT molecular complexity index is 910. The number of hydrazone groups is 2. The molecule has 10 heteroatoms. The Labute approximate surface area is 158 Å². The van der Waals surface area contributed by atoms with Gasteiger partial charge in [-0.1, -0.05) is 0 Å². The van der Waals surface area contributed by atoms with Gasteiger partial charge in [-0.15, -0.1) is 0 Å². The molecule has 2 aromatic rings. The zero-order valence-electron chi connectivity index (χ0n) is 14.8. The quantitative estimate of drug-likeness (QED) is 0.361. The first kappa shape index (κ1) is 20.5. The van der Waals surface area contributed by atoms with Gasteiger partial charge in [-0.05, 0) is 50.2 Å². The maximum absolute atomic E-state index is 13.2. The molecule has 146 valence electrons. The molecule has 0 aliphatic carbocycles. The number of nitrogens with zero attached hydrogens (tertiary/aromatic N) is 2. The van der Waals surface area contributed by atoms with Crippen LogP contribution in [0, 0.1) is 11.6 Å². The summed E-state index contributed by atoms with van der Waals surface area (Å²) < 4.78 is 26.5. The number of phenols is 2. The molecular formula is C18H16F2N4O4. The van der Waals surface area contributed by atoms with E-state index in [-0.39, 0.29) is 34.0 Å². The van der Waals surface area contributed by atoms with Gasteiger partial charge in [0.1, 0.15) is 23.1 Å². The van der Waals surface area contributed by atoms with Crippen LogP contribution in [-0.4, -0.2) is 33.5 Å². The molecule has 0 saturated carbocycles. The molecule has 0 fully saturated rings. The Hall–Kier alpha value is -3.82. The van der Waals surface area contributed by atoms with Gasteiger partial charge in [0.05, 0.1) is 11.4 Å².